The summed E-state index contributed by atoms with van der Waals surface area (Å²) in [6, 6.07) is 8.62. The molecule has 116 valence electrons. The zero-order valence-electron chi connectivity index (χ0n) is 13.3. The first-order chi connectivity index (χ1) is 10.1. The SMILES string of the molecule is CCOC(=O)C(C)(CN1CCc2ccccc2CC1)NC. The molecule has 21 heavy (non-hydrogen) atoms. The number of likely N-dealkylation sites (N-methyl/N-ethyl adjacent to an activating group) is 1. The van der Waals surface area contributed by atoms with Crippen LogP contribution < -0.4 is 5.32 Å². The summed E-state index contributed by atoms with van der Waals surface area (Å²) in [4.78, 5) is 14.5. The van der Waals surface area contributed by atoms with Crippen LogP contribution in [0.15, 0.2) is 24.3 Å². The van der Waals surface area contributed by atoms with Gasteiger partial charge in [0.15, 0.2) is 0 Å². The largest absolute Gasteiger partial charge is 0.465 e. The summed E-state index contributed by atoms with van der Waals surface area (Å²) in [5, 5.41) is 3.14. The lowest BCUT2D eigenvalue weighted by molar-refractivity contribution is -0.151. The Kier molecular flexibility index (Phi) is 5.37. The minimum Gasteiger partial charge on any atom is -0.465 e. The van der Waals surface area contributed by atoms with Gasteiger partial charge in [-0.1, -0.05) is 24.3 Å². The predicted octanol–water partition coefficient (Wildman–Crippen LogP) is 1.63. The zero-order valence-corrected chi connectivity index (χ0v) is 13.3. The van der Waals surface area contributed by atoms with Crippen LogP contribution in [0.3, 0.4) is 0 Å². The minimum atomic E-state index is -0.646. The van der Waals surface area contributed by atoms with Crippen LogP contribution in [0.4, 0.5) is 0 Å². The van der Waals surface area contributed by atoms with Crippen molar-refractivity contribution >= 4 is 5.97 Å². The molecule has 0 fully saturated rings. The molecule has 0 bridgehead atoms. The summed E-state index contributed by atoms with van der Waals surface area (Å²) in [5.41, 5.74) is 2.22. The number of benzene rings is 1. The summed E-state index contributed by atoms with van der Waals surface area (Å²) in [6.45, 7) is 6.82. The van der Waals surface area contributed by atoms with E-state index < -0.39 is 5.54 Å². The van der Waals surface area contributed by atoms with E-state index in [2.05, 4.69) is 34.5 Å². The van der Waals surface area contributed by atoms with E-state index in [9.17, 15) is 4.79 Å². The van der Waals surface area contributed by atoms with Crippen molar-refractivity contribution in [3.8, 4) is 0 Å². The van der Waals surface area contributed by atoms with Gasteiger partial charge in [-0.2, -0.15) is 0 Å². The second kappa shape index (κ2) is 7.05. The Balaban J connectivity index is 2.02. The van der Waals surface area contributed by atoms with E-state index in [0.29, 0.717) is 13.2 Å². The van der Waals surface area contributed by atoms with E-state index in [1.807, 2.05) is 20.9 Å². The summed E-state index contributed by atoms with van der Waals surface area (Å²) in [7, 11) is 1.82. The standard InChI is InChI=1S/C17H26N2O2/c1-4-21-16(20)17(2,18-3)13-19-11-9-14-7-5-6-8-15(14)10-12-19/h5-8,18H,4,9-13H2,1-3H3. The molecule has 4 nitrogen and oxygen atoms in total. The molecule has 1 N–H and O–H groups in total. The van der Waals surface area contributed by atoms with E-state index in [1.165, 1.54) is 11.1 Å². The number of hydrogen-bond acceptors (Lipinski definition) is 4. The lowest BCUT2D eigenvalue weighted by Crippen LogP contribution is -2.56. The van der Waals surface area contributed by atoms with Crippen molar-refractivity contribution in [1.82, 2.24) is 10.2 Å². The highest BCUT2D eigenvalue weighted by Crippen LogP contribution is 2.17. The van der Waals surface area contributed by atoms with Crippen LogP contribution >= 0.6 is 0 Å². The van der Waals surface area contributed by atoms with E-state index in [4.69, 9.17) is 4.74 Å². The van der Waals surface area contributed by atoms with Gasteiger partial charge in [-0.25, -0.2) is 0 Å². The Morgan fingerprint density at radius 3 is 2.33 bits per heavy atom. The third kappa shape index (κ3) is 3.83. The number of carbonyl (C=O) groups excluding carboxylic acids is 1. The molecule has 1 unspecified atom stereocenters. The highest BCUT2D eigenvalue weighted by atomic mass is 16.5. The lowest BCUT2D eigenvalue weighted by Gasteiger charge is -2.32. The van der Waals surface area contributed by atoms with Crippen molar-refractivity contribution in [2.24, 2.45) is 0 Å². The first kappa shape index (κ1) is 16.0. The monoisotopic (exact) mass is 290 g/mol. The van der Waals surface area contributed by atoms with Crippen LogP contribution in [-0.4, -0.2) is 49.7 Å². The number of esters is 1. The summed E-state index contributed by atoms with van der Waals surface area (Å²) in [6.07, 6.45) is 2.08. The van der Waals surface area contributed by atoms with E-state index >= 15 is 0 Å². The van der Waals surface area contributed by atoms with Crippen molar-refractivity contribution in [3.05, 3.63) is 35.4 Å². The zero-order chi connectivity index (χ0) is 15.3. The Bertz CT molecular complexity index is 462. The van der Waals surface area contributed by atoms with Gasteiger partial charge in [0, 0.05) is 19.6 Å². The van der Waals surface area contributed by atoms with Crippen molar-refractivity contribution in [1.29, 1.82) is 0 Å². The molecule has 0 radical (unpaired) electrons. The average Bonchev–Trinajstić information content (AvgIpc) is 2.70. The molecule has 0 spiro atoms. The molecule has 1 heterocycles. The maximum absolute atomic E-state index is 12.2. The van der Waals surface area contributed by atoms with Gasteiger partial charge < -0.3 is 15.0 Å². The normalized spacial score (nSPS) is 18.4. The fourth-order valence-corrected chi connectivity index (χ4v) is 2.86. The number of ether oxygens (including phenoxy) is 1. The lowest BCUT2D eigenvalue weighted by atomic mass is 10.0. The van der Waals surface area contributed by atoms with Gasteiger partial charge in [-0.3, -0.25) is 4.79 Å². The van der Waals surface area contributed by atoms with Crippen molar-refractivity contribution in [2.45, 2.75) is 32.2 Å². The Labute approximate surface area is 127 Å². The van der Waals surface area contributed by atoms with Gasteiger partial charge >= 0.3 is 5.97 Å². The van der Waals surface area contributed by atoms with E-state index in [1.54, 1.807) is 0 Å². The molecule has 1 aliphatic rings. The Morgan fingerprint density at radius 1 is 1.29 bits per heavy atom. The van der Waals surface area contributed by atoms with Crippen LogP contribution in [0, 0.1) is 0 Å². The molecule has 4 heteroatoms. The van der Waals surface area contributed by atoms with Gasteiger partial charge in [0.05, 0.1) is 6.61 Å². The number of nitrogens with zero attached hydrogens (tertiary/aromatic N) is 1. The maximum atomic E-state index is 12.2. The summed E-state index contributed by atoms with van der Waals surface area (Å²) < 4.78 is 5.20. The van der Waals surface area contributed by atoms with Crippen LogP contribution in [0.5, 0.6) is 0 Å². The predicted molar refractivity (Wildman–Crippen MR) is 84.4 cm³/mol. The van der Waals surface area contributed by atoms with Gasteiger partial charge in [0.2, 0.25) is 0 Å². The van der Waals surface area contributed by atoms with Crippen molar-refractivity contribution in [3.63, 3.8) is 0 Å². The van der Waals surface area contributed by atoms with Crippen LogP contribution in [0.2, 0.25) is 0 Å². The van der Waals surface area contributed by atoms with Gasteiger partial charge in [0.25, 0.3) is 0 Å². The van der Waals surface area contributed by atoms with E-state index in [0.717, 1.165) is 25.9 Å². The molecular weight excluding hydrogens is 264 g/mol. The first-order valence-electron chi connectivity index (χ1n) is 7.74. The Morgan fingerprint density at radius 2 is 1.86 bits per heavy atom. The molecule has 0 aliphatic carbocycles. The molecule has 1 aliphatic heterocycles. The molecule has 2 rings (SSSR count). The van der Waals surface area contributed by atoms with Gasteiger partial charge in [-0.15, -0.1) is 0 Å². The second-order valence-corrected chi connectivity index (χ2v) is 5.85. The molecule has 0 saturated carbocycles. The van der Waals surface area contributed by atoms with Crippen LogP contribution in [-0.2, 0) is 22.4 Å². The third-order valence-corrected chi connectivity index (χ3v) is 4.33. The highest BCUT2D eigenvalue weighted by Gasteiger charge is 2.35. The quantitative estimate of drug-likeness (QED) is 0.837. The molecule has 1 atom stereocenters. The molecule has 0 saturated heterocycles. The van der Waals surface area contributed by atoms with Crippen molar-refractivity contribution < 1.29 is 9.53 Å². The number of hydrogen-bond donors (Lipinski definition) is 1. The maximum Gasteiger partial charge on any atom is 0.327 e. The van der Waals surface area contributed by atoms with Crippen LogP contribution in [0.25, 0.3) is 0 Å². The Hall–Kier alpha value is -1.39. The fraction of sp³-hybridized carbons (Fsp3) is 0.588. The molecule has 1 aromatic rings. The summed E-state index contributed by atoms with van der Waals surface area (Å²) >= 11 is 0. The minimum absolute atomic E-state index is 0.172. The number of fused-ring (bicyclic) bond motifs is 1. The molecule has 1 aromatic carbocycles. The first-order valence-corrected chi connectivity index (χ1v) is 7.74. The second-order valence-electron chi connectivity index (χ2n) is 5.85. The van der Waals surface area contributed by atoms with Crippen LogP contribution in [0.1, 0.15) is 25.0 Å². The average molecular weight is 290 g/mol. The highest BCUT2D eigenvalue weighted by molar-refractivity contribution is 5.80. The van der Waals surface area contributed by atoms with Crippen molar-refractivity contribution in [2.75, 3.05) is 33.3 Å². The number of carbonyl (C=O) groups is 1. The van der Waals surface area contributed by atoms with Gasteiger partial charge in [0.1, 0.15) is 5.54 Å². The fourth-order valence-electron chi connectivity index (χ4n) is 2.86. The molecular formula is C17H26N2O2. The molecule has 0 aromatic heterocycles. The smallest absolute Gasteiger partial charge is 0.327 e. The number of nitrogens with one attached hydrogen (secondary N) is 1. The molecule has 0 amide bonds. The topological polar surface area (TPSA) is 41.6 Å². The van der Waals surface area contributed by atoms with Gasteiger partial charge in [-0.05, 0) is 44.9 Å². The number of rotatable bonds is 5. The third-order valence-electron chi connectivity index (χ3n) is 4.33. The summed E-state index contributed by atoms with van der Waals surface area (Å²) in [5.74, 6) is -0.172. The van der Waals surface area contributed by atoms with E-state index in [-0.39, 0.29) is 5.97 Å².